The Bertz CT molecular complexity index is 8590. The van der Waals surface area contributed by atoms with Crippen LogP contribution in [0.25, 0.3) is 235 Å². The zero-order valence-electron chi connectivity index (χ0n) is 71.2. The van der Waals surface area contributed by atoms with Crippen LogP contribution in [0.15, 0.2) is 467 Å². The van der Waals surface area contributed by atoms with Crippen LogP contribution >= 0.6 is 34.0 Å². The first-order valence-electron chi connectivity index (χ1n) is 44.2. The number of benzene rings is 17. The molecule has 628 valence electrons. The van der Waals surface area contributed by atoms with Crippen molar-refractivity contribution in [3.8, 4) is 157 Å². The fraction of sp³-hybridized carbons (Fsp3) is 0.00826. The van der Waals surface area contributed by atoms with E-state index in [2.05, 4.69) is 371 Å². The van der Waals surface area contributed by atoms with Crippen molar-refractivity contribution in [2.75, 3.05) is 0 Å². The molecule has 0 spiro atoms. The first kappa shape index (κ1) is 80.8. The van der Waals surface area contributed by atoms with E-state index >= 15 is 0 Å². The van der Waals surface area contributed by atoms with Crippen LogP contribution in [-0.4, -0.2) is 43.1 Å². The molecule has 0 amide bonds. The molecule has 0 saturated heterocycles. The van der Waals surface area contributed by atoms with E-state index in [9.17, 15) is 0 Å². The van der Waals surface area contributed by atoms with Crippen molar-refractivity contribution in [2.45, 2.75) is 7.43 Å². The van der Waals surface area contributed by atoms with Crippen molar-refractivity contribution in [3.63, 3.8) is 0 Å². The maximum absolute atomic E-state index is 5.05. The van der Waals surface area contributed by atoms with Gasteiger partial charge < -0.3 is 0 Å². The number of para-hydroxylation sites is 4. The van der Waals surface area contributed by atoms with Gasteiger partial charge in [0, 0.05) is 88.5 Å². The van der Waals surface area contributed by atoms with Gasteiger partial charge in [-0.1, -0.05) is 402 Å². The Morgan fingerprint density at radius 3 is 0.805 bits per heavy atom. The van der Waals surface area contributed by atoms with Gasteiger partial charge in [0.25, 0.3) is 0 Å². The Morgan fingerprint density at radius 1 is 0.165 bits per heavy atom. The van der Waals surface area contributed by atoms with Crippen molar-refractivity contribution < 1.29 is 0 Å². The van der Waals surface area contributed by atoms with E-state index in [0.717, 1.165) is 102 Å². The Labute approximate surface area is 780 Å². The highest BCUT2D eigenvalue weighted by Gasteiger charge is 2.25. The Hall–Kier alpha value is -16.7. The number of hydrogen-bond acceptors (Lipinski definition) is 9. The molecule has 9 nitrogen and oxygen atoms in total. The van der Waals surface area contributed by atoms with Crippen LogP contribution in [0.5, 0.6) is 0 Å². The summed E-state index contributed by atoms with van der Waals surface area (Å²) < 4.78 is 11.2. The summed E-state index contributed by atoms with van der Waals surface area (Å²) in [6.07, 6.45) is 0. The molecule has 0 radical (unpaired) electrons. The summed E-state index contributed by atoms with van der Waals surface area (Å²) in [5.74, 6) is 2.17. The van der Waals surface area contributed by atoms with E-state index in [1.165, 1.54) is 133 Å². The van der Waals surface area contributed by atoms with Gasteiger partial charge in [-0.05, 0) is 106 Å². The van der Waals surface area contributed by atoms with Crippen LogP contribution in [-0.2, 0) is 0 Å². The van der Waals surface area contributed by atoms with Crippen LogP contribution < -0.4 is 0 Å². The SMILES string of the molecule is C.c1ccc(-c2cc(-c3ccc(-c4c5ccccc5n5c4sc4c(-c6ccccc6)cccc45)cc3)nc(-c3ccccc3)n2)cc1.c1ccc(-c2cc(-c3ccc(-c4c5ccccc5n5c4sc4ccccc45)cc3)nc(-c3ccccc3)n2)cc1.c1ccc(-c2cc(-c3ccc(-c4ccc5c(c4)c(-c4ccccc4)c4sc6ccccc6n45)cc3)nc(-c3ccccc3)n2)cc1. The predicted molar refractivity (Wildman–Crippen MR) is 560 cm³/mol. The highest BCUT2D eigenvalue weighted by atomic mass is 32.1. The topological polar surface area (TPSA) is 90.6 Å². The van der Waals surface area contributed by atoms with Gasteiger partial charge in [0.1, 0.15) is 14.5 Å². The summed E-state index contributed by atoms with van der Waals surface area (Å²) in [5, 5.41) is 3.79. The van der Waals surface area contributed by atoms with Crippen molar-refractivity contribution >= 4 is 112 Å². The molecule has 0 unspecified atom stereocenters. The molecule has 0 N–H and O–H groups in total. The van der Waals surface area contributed by atoms with Crippen LogP contribution in [0, 0.1) is 0 Å². The van der Waals surface area contributed by atoms with Crippen LogP contribution in [0.2, 0.25) is 0 Å². The van der Waals surface area contributed by atoms with Crippen molar-refractivity contribution in [2.24, 2.45) is 0 Å². The number of nitrogens with zero attached hydrogens (tertiary/aromatic N) is 9. The third-order valence-electron chi connectivity index (χ3n) is 24.7. The van der Waals surface area contributed by atoms with E-state index in [4.69, 9.17) is 29.9 Å². The zero-order chi connectivity index (χ0) is 87.4. The lowest BCUT2D eigenvalue weighted by Gasteiger charge is -2.10. The standard InChI is InChI=1S/2C42H27N3S.C36H23N3S.CH4/c1-4-13-28(14-5-1)33-20-12-22-38-40(33)46-42-39(34-19-10-11-21-37(34)45(38)42)31-25-23-30(24-26-31)36-27-35(29-15-6-2-7-16-29)43-41(44-36)32-17-8-3-9-18-32;1-4-12-29(13-5-1)35-27-36(44-41(43-35)32-16-8-3-9-17-32)30-22-20-28(21-23-30)33-24-25-37-34(26-33)40(31-14-6-2-7-15-31)42-45(37)38-18-10-11-19-39(38)46-42;1-3-11-24(12-4-1)29-23-30(38-35(37-29)27-13-5-2-6-14-27)25-19-21-26(22-20-25)34-28-15-7-8-16-31(28)39-32-17-9-10-18-33(32)40-36(34)39;/h2*1-27H;1-23H;1H4. The second-order valence-corrected chi connectivity index (χ2v) is 35.8. The lowest BCUT2D eigenvalue weighted by atomic mass is 9.98. The molecule has 0 aliphatic rings. The van der Waals surface area contributed by atoms with Gasteiger partial charge in [-0.2, -0.15) is 0 Å². The summed E-state index contributed by atoms with van der Waals surface area (Å²) in [7, 11) is 0. The van der Waals surface area contributed by atoms with Crippen molar-refractivity contribution in [1.82, 2.24) is 43.1 Å². The van der Waals surface area contributed by atoms with E-state index < -0.39 is 0 Å². The molecule has 9 aromatic heterocycles. The molecule has 12 heteroatoms. The smallest absolute Gasteiger partial charge is 0.160 e. The van der Waals surface area contributed by atoms with Crippen LogP contribution in [0.1, 0.15) is 7.43 Å². The molecule has 9 heterocycles. The Kier molecular flexibility index (Phi) is 21.3. The van der Waals surface area contributed by atoms with Gasteiger partial charge in [0.2, 0.25) is 0 Å². The second kappa shape index (κ2) is 35.0. The first-order chi connectivity index (χ1) is 65.4. The average Bonchev–Trinajstić information content (AvgIpc) is 1.56. The second-order valence-electron chi connectivity index (χ2n) is 32.8. The van der Waals surface area contributed by atoms with Gasteiger partial charge in [-0.25, -0.2) is 29.9 Å². The summed E-state index contributed by atoms with van der Waals surface area (Å²) in [5.41, 5.74) is 34.6. The normalized spacial score (nSPS) is 11.4. The predicted octanol–water partition coefficient (Wildman–Crippen LogP) is 33.3. The van der Waals surface area contributed by atoms with Crippen LogP contribution in [0.3, 0.4) is 0 Å². The molecule has 0 fully saturated rings. The van der Waals surface area contributed by atoms with Gasteiger partial charge in [0.05, 0.1) is 81.4 Å². The van der Waals surface area contributed by atoms with E-state index in [1.54, 1.807) is 0 Å². The summed E-state index contributed by atoms with van der Waals surface area (Å²) in [6.45, 7) is 0. The third-order valence-corrected chi connectivity index (χ3v) is 28.2. The maximum atomic E-state index is 5.05. The lowest BCUT2D eigenvalue weighted by Crippen LogP contribution is -1.95. The molecule has 0 aliphatic carbocycles. The van der Waals surface area contributed by atoms with Gasteiger partial charge in [-0.15, -0.1) is 34.0 Å². The molecule has 26 aromatic rings. The van der Waals surface area contributed by atoms with Gasteiger partial charge >= 0.3 is 0 Å². The largest absolute Gasteiger partial charge is 0.299 e. The molecule has 17 aromatic carbocycles. The first-order valence-corrected chi connectivity index (χ1v) is 46.6. The van der Waals surface area contributed by atoms with E-state index in [1.807, 2.05) is 143 Å². The Morgan fingerprint density at radius 2 is 0.421 bits per heavy atom. The summed E-state index contributed by atoms with van der Waals surface area (Å²) in [4.78, 5) is 33.7. The summed E-state index contributed by atoms with van der Waals surface area (Å²) >= 11 is 5.58. The van der Waals surface area contributed by atoms with E-state index in [0.29, 0.717) is 0 Å². The fourth-order valence-electron chi connectivity index (χ4n) is 18.4. The lowest BCUT2D eigenvalue weighted by molar-refractivity contribution is 1.18. The number of thiazole rings is 3. The van der Waals surface area contributed by atoms with Crippen LogP contribution in [0.4, 0.5) is 0 Å². The minimum absolute atomic E-state index is 0. The van der Waals surface area contributed by atoms with E-state index in [-0.39, 0.29) is 7.43 Å². The maximum Gasteiger partial charge on any atom is 0.160 e. The fourth-order valence-corrected chi connectivity index (χ4v) is 22.2. The third kappa shape index (κ3) is 15.2. The van der Waals surface area contributed by atoms with Crippen molar-refractivity contribution in [3.05, 3.63) is 467 Å². The molecule has 26 rings (SSSR count). The number of aromatic nitrogens is 9. The number of fused-ring (bicyclic) bond motifs is 15. The molecule has 0 atom stereocenters. The highest BCUT2D eigenvalue weighted by molar-refractivity contribution is 7.25. The molecule has 0 aliphatic heterocycles. The zero-order valence-corrected chi connectivity index (χ0v) is 73.7. The molecule has 133 heavy (non-hydrogen) atoms. The summed E-state index contributed by atoms with van der Waals surface area (Å²) in [6, 6.07) is 164. The monoisotopic (exact) mass is 1760 g/mol. The van der Waals surface area contributed by atoms with Crippen molar-refractivity contribution in [1.29, 1.82) is 0 Å². The quantitative estimate of drug-likeness (QED) is 0.108. The van der Waals surface area contributed by atoms with Gasteiger partial charge in [-0.3, -0.25) is 13.2 Å². The highest BCUT2D eigenvalue weighted by Crippen LogP contribution is 2.49. The van der Waals surface area contributed by atoms with Gasteiger partial charge in [0.15, 0.2) is 17.5 Å². The minimum atomic E-state index is 0. The minimum Gasteiger partial charge on any atom is -0.299 e. The molecular weight excluding hydrogens is 1680 g/mol. The molecule has 0 saturated carbocycles. The molecular formula is C121H81N9S3. The number of hydrogen-bond donors (Lipinski definition) is 0. The number of rotatable bonds is 14. The average molecular weight is 1760 g/mol. The molecule has 0 bridgehead atoms. The Balaban J connectivity index is 0.000000113.